The van der Waals surface area contributed by atoms with Crippen LogP contribution in [0.15, 0.2) is 24.3 Å². The summed E-state index contributed by atoms with van der Waals surface area (Å²) < 4.78 is 6.48. The molecule has 3 nitrogen and oxygen atoms in total. The minimum atomic E-state index is -0.167. The van der Waals surface area contributed by atoms with Crippen LogP contribution >= 0.6 is 0 Å². The van der Waals surface area contributed by atoms with Gasteiger partial charge in [-0.05, 0) is 49.5 Å². The first-order chi connectivity index (χ1) is 15.5. The second-order valence-corrected chi connectivity index (χ2v) is 10.4. The van der Waals surface area contributed by atoms with Gasteiger partial charge in [0.25, 0.3) is 0 Å². The topological polar surface area (TPSA) is 43.4 Å². The quantitative estimate of drug-likeness (QED) is 0.245. The van der Waals surface area contributed by atoms with E-state index in [9.17, 15) is 9.59 Å². The van der Waals surface area contributed by atoms with Crippen molar-refractivity contribution in [2.75, 3.05) is 6.61 Å². The van der Waals surface area contributed by atoms with E-state index in [1.165, 1.54) is 44.1 Å². The number of ketones is 2. The molecule has 0 radical (unpaired) electrons. The summed E-state index contributed by atoms with van der Waals surface area (Å²) in [4.78, 5) is 25.3. The molecule has 0 aromatic heterocycles. The Morgan fingerprint density at radius 1 is 0.875 bits per heavy atom. The summed E-state index contributed by atoms with van der Waals surface area (Å²) in [5.41, 5.74) is 1.91. The second kappa shape index (κ2) is 12.1. The van der Waals surface area contributed by atoms with Crippen molar-refractivity contribution >= 4 is 11.6 Å². The Kier molecular flexibility index (Phi) is 9.52. The Morgan fingerprint density at radius 2 is 1.50 bits per heavy atom. The Bertz CT molecular complexity index is 721. The molecule has 2 saturated carbocycles. The predicted octanol–water partition coefficient (Wildman–Crippen LogP) is 7.95. The fourth-order valence-electron chi connectivity index (χ4n) is 5.85. The third-order valence-corrected chi connectivity index (χ3v) is 8.05. The zero-order valence-corrected chi connectivity index (χ0v) is 20.6. The summed E-state index contributed by atoms with van der Waals surface area (Å²) in [5.74, 6) is 0.569. The maximum atomic E-state index is 13.3. The molecule has 0 bridgehead atoms. The second-order valence-electron chi connectivity index (χ2n) is 10.4. The van der Waals surface area contributed by atoms with Gasteiger partial charge in [-0.25, -0.2) is 0 Å². The first kappa shape index (κ1) is 25.1. The lowest BCUT2D eigenvalue weighted by molar-refractivity contribution is -0.119. The lowest BCUT2D eigenvalue weighted by atomic mass is 9.67. The van der Waals surface area contributed by atoms with Crippen LogP contribution in [0.1, 0.15) is 133 Å². The molecule has 1 aromatic rings. The molecule has 2 fully saturated rings. The van der Waals surface area contributed by atoms with Crippen LogP contribution in [-0.4, -0.2) is 18.2 Å². The molecule has 0 unspecified atom stereocenters. The molecule has 1 aromatic carbocycles. The molecule has 3 heteroatoms. The highest BCUT2D eigenvalue weighted by Crippen LogP contribution is 2.44. The number of unbranched alkanes of at least 4 members (excludes halogenated alkanes) is 1. The molecule has 3 rings (SSSR count). The Hall–Kier alpha value is -1.48. The van der Waals surface area contributed by atoms with Gasteiger partial charge in [0.1, 0.15) is 5.78 Å². The van der Waals surface area contributed by atoms with Gasteiger partial charge in [0, 0.05) is 31.4 Å². The van der Waals surface area contributed by atoms with E-state index in [0.29, 0.717) is 25.0 Å². The van der Waals surface area contributed by atoms with E-state index in [4.69, 9.17) is 4.74 Å². The summed E-state index contributed by atoms with van der Waals surface area (Å²) in [6.45, 7) is 4.96. The molecule has 0 N–H and O–H groups in total. The zero-order chi connectivity index (χ0) is 22.9. The van der Waals surface area contributed by atoms with Gasteiger partial charge in [0.2, 0.25) is 0 Å². The molecular formula is C29H44O3. The van der Waals surface area contributed by atoms with Gasteiger partial charge in [-0.2, -0.15) is 0 Å². The molecule has 32 heavy (non-hydrogen) atoms. The lowest BCUT2D eigenvalue weighted by Crippen LogP contribution is -2.33. The van der Waals surface area contributed by atoms with E-state index in [2.05, 4.69) is 19.1 Å². The molecule has 2 aliphatic carbocycles. The average Bonchev–Trinajstić information content (AvgIpc) is 2.84. The largest absolute Gasteiger partial charge is 0.370 e. The van der Waals surface area contributed by atoms with E-state index >= 15 is 0 Å². The number of rotatable bonds is 12. The van der Waals surface area contributed by atoms with Gasteiger partial charge in [0.15, 0.2) is 5.78 Å². The van der Waals surface area contributed by atoms with Gasteiger partial charge in [-0.3, -0.25) is 9.59 Å². The van der Waals surface area contributed by atoms with Crippen molar-refractivity contribution in [1.29, 1.82) is 0 Å². The monoisotopic (exact) mass is 440 g/mol. The highest BCUT2D eigenvalue weighted by atomic mass is 16.5. The molecule has 178 valence electrons. The highest BCUT2D eigenvalue weighted by molar-refractivity contribution is 5.96. The minimum Gasteiger partial charge on any atom is -0.370 e. The highest BCUT2D eigenvalue weighted by Gasteiger charge is 2.36. The Labute approximate surface area is 195 Å². The minimum absolute atomic E-state index is 0.0205. The summed E-state index contributed by atoms with van der Waals surface area (Å²) >= 11 is 0. The molecule has 0 saturated heterocycles. The van der Waals surface area contributed by atoms with Crippen LogP contribution in [0.4, 0.5) is 0 Å². The third-order valence-electron chi connectivity index (χ3n) is 8.05. The van der Waals surface area contributed by atoms with Crippen LogP contribution in [0.3, 0.4) is 0 Å². The molecule has 0 spiro atoms. The molecular weight excluding hydrogens is 396 g/mol. The van der Waals surface area contributed by atoms with Crippen molar-refractivity contribution in [3.05, 3.63) is 35.4 Å². The number of hydrogen-bond donors (Lipinski definition) is 0. The van der Waals surface area contributed by atoms with Crippen LogP contribution in [0.2, 0.25) is 0 Å². The van der Waals surface area contributed by atoms with Gasteiger partial charge in [0.05, 0.1) is 5.60 Å². The van der Waals surface area contributed by atoms with Gasteiger partial charge in [-0.15, -0.1) is 0 Å². The van der Waals surface area contributed by atoms with E-state index in [-0.39, 0.29) is 16.8 Å². The summed E-state index contributed by atoms with van der Waals surface area (Å²) in [5, 5.41) is 0. The lowest BCUT2D eigenvalue weighted by Gasteiger charge is -2.38. The van der Waals surface area contributed by atoms with Crippen molar-refractivity contribution < 1.29 is 14.3 Å². The van der Waals surface area contributed by atoms with Gasteiger partial charge < -0.3 is 4.74 Å². The molecule has 0 aliphatic heterocycles. The molecule has 2 aliphatic rings. The van der Waals surface area contributed by atoms with Crippen LogP contribution in [0, 0.1) is 5.41 Å². The van der Waals surface area contributed by atoms with Crippen LogP contribution in [0.5, 0.6) is 0 Å². The van der Waals surface area contributed by atoms with Crippen molar-refractivity contribution in [2.24, 2.45) is 5.41 Å². The number of Topliss-reactive ketones (excluding diaryl/α,β-unsaturated/α-hetero) is 2. The summed E-state index contributed by atoms with van der Waals surface area (Å²) in [6.07, 6.45) is 16.6. The average molecular weight is 441 g/mol. The Morgan fingerprint density at radius 3 is 2.09 bits per heavy atom. The van der Waals surface area contributed by atoms with Crippen molar-refractivity contribution in [2.45, 2.75) is 122 Å². The smallest absolute Gasteiger partial charge is 0.163 e. The van der Waals surface area contributed by atoms with Crippen molar-refractivity contribution in [3.63, 3.8) is 0 Å². The van der Waals surface area contributed by atoms with E-state index in [1.807, 2.05) is 19.1 Å². The van der Waals surface area contributed by atoms with E-state index in [0.717, 1.165) is 57.1 Å². The van der Waals surface area contributed by atoms with Crippen molar-refractivity contribution in [1.82, 2.24) is 0 Å². The maximum absolute atomic E-state index is 13.3. The number of carbonyl (C=O) groups is 2. The van der Waals surface area contributed by atoms with Crippen LogP contribution in [-0.2, 0) is 15.1 Å². The van der Waals surface area contributed by atoms with Gasteiger partial charge in [-0.1, -0.05) is 83.1 Å². The first-order valence-electron chi connectivity index (χ1n) is 13.3. The Balaban J connectivity index is 1.70. The predicted molar refractivity (Wildman–Crippen MR) is 131 cm³/mol. The first-order valence-corrected chi connectivity index (χ1v) is 13.3. The van der Waals surface area contributed by atoms with Crippen LogP contribution in [0.25, 0.3) is 0 Å². The number of hydrogen-bond acceptors (Lipinski definition) is 3. The molecule has 0 heterocycles. The normalized spacial score (nSPS) is 20.1. The summed E-state index contributed by atoms with van der Waals surface area (Å²) in [7, 11) is 0. The number of carbonyl (C=O) groups excluding carboxylic acids is 2. The fraction of sp³-hybridized carbons (Fsp3) is 0.724. The van der Waals surface area contributed by atoms with E-state index < -0.39 is 0 Å². The maximum Gasteiger partial charge on any atom is 0.163 e. The zero-order valence-electron chi connectivity index (χ0n) is 20.6. The van der Waals surface area contributed by atoms with E-state index in [1.54, 1.807) is 0 Å². The van der Waals surface area contributed by atoms with Gasteiger partial charge >= 0.3 is 0 Å². The third kappa shape index (κ3) is 6.53. The fourth-order valence-corrected chi connectivity index (χ4v) is 5.85. The van der Waals surface area contributed by atoms with Crippen molar-refractivity contribution in [3.8, 4) is 0 Å². The molecule has 0 atom stereocenters. The SMILES string of the molecule is CCCCOC1(c2ccc(C(=O)CC3(CCC(=O)CC)CCCCC3)cc2)CCCCC1. The van der Waals surface area contributed by atoms with Crippen LogP contribution < -0.4 is 0 Å². The number of benzene rings is 1. The standard InChI is InChI=1S/C29H44O3/c1-3-5-22-32-29(19-10-7-11-20-29)25-14-12-24(13-15-25)27(31)23-28(17-8-6-9-18-28)21-16-26(30)4-2/h12-15H,3-11,16-23H2,1-2H3. The molecule has 0 amide bonds. The number of ether oxygens (including phenoxy) is 1. The summed E-state index contributed by atoms with van der Waals surface area (Å²) in [6, 6.07) is 8.37.